The van der Waals surface area contributed by atoms with Crippen LogP contribution in [0.2, 0.25) is 0 Å². The number of rotatable bonds is 8. The predicted molar refractivity (Wildman–Crippen MR) is 106 cm³/mol. The SMILES string of the molecule is CCOc1ccc(/C=C/C(=O)O[C@H](C)C(=O)Nc2sccc2C#N)cc1OC. The minimum absolute atomic E-state index is 0.362. The molecule has 0 bridgehead atoms. The van der Waals surface area contributed by atoms with Crippen molar-refractivity contribution in [3.05, 3.63) is 46.8 Å². The lowest BCUT2D eigenvalue weighted by atomic mass is 10.2. The smallest absolute Gasteiger partial charge is 0.331 e. The van der Waals surface area contributed by atoms with Crippen molar-refractivity contribution in [2.75, 3.05) is 19.0 Å². The Kier molecular flexibility index (Phi) is 7.60. The second-order valence-electron chi connectivity index (χ2n) is 5.52. The molecule has 1 aromatic heterocycles. The van der Waals surface area contributed by atoms with Crippen LogP contribution in [0.3, 0.4) is 0 Å². The number of esters is 1. The fourth-order valence-corrected chi connectivity index (χ4v) is 2.94. The molecule has 146 valence electrons. The first-order chi connectivity index (χ1) is 13.5. The number of thiophene rings is 1. The number of benzene rings is 1. The molecule has 8 heteroatoms. The predicted octanol–water partition coefficient (Wildman–Crippen LogP) is 3.61. The molecule has 0 unspecified atom stereocenters. The first-order valence-corrected chi connectivity index (χ1v) is 9.34. The third-order valence-electron chi connectivity index (χ3n) is 3.58. The van der Waals surface area contributed by atoms with E-state index >= 15 is 0 Å². The monoisotopic (exact) mass is 400 g/mol. The van der Waals surface area contributed by atoms with Gasteiger partial charge in [0.25, 0.3) is 5.91 Å². The number of nitrogens with zero attached hydrogens (tertiary/aromatic N) is 1. The van der Waals surface area contributed by atoms with Crippen molar-refractivity contribution < 1.29 is 23.8 Å². The van der Waals surface area contributed by atoms with E-state index in [0.717, 1.165) is 0 Å². The third-order valence-corrected chi connectivity index (χ3v) is 4.41. The summed E-state index contributed by atoms with van der Waals surface area (Å²) in [5, 5.41) is 13.7. The number of nitrogens with one attached hydrogen (secondary N) is 1. The van der Waals surface area contributed by atoms with Gasteiger partial charge in [-0.05, 0) is 49.1 Å². The molecule has 1 aromatic carbocycles. The Balaban J connectivity index is 1.95. The number of ether oxygens (including phenoxy) is 3. The maximum Gasteiger partial charge on any atom is 0.331 e. The molecule has 2 rings (SSSR count). The van der Waals surface area contributed by atoms with E-state index < -0.39 is 18.0 Å². The van der Waals surface area contributed by atoms with Crippen molar-refractivity contribution in [3.63, 3.8) is 0 Å². The van der Waals surface area contributed by atoms with Crippen molar-refractivity contribution in [1.82, 2.24) is 0 Å². The van der Waals surface area contributed by atoms with E-state index in [1.165, 1.54) is 31.4 Å². The highest BCUT2D eigenvalue weighted by atomic mass is 32.1. The van der Waals surface area contributed by atoms with Crippen LogP contribution < -0.4 is 14.8 Å². The number of carbonyl (C=O) groups is 2. The summed E-state index contributed by atoms with van der Waals surface area (Å²) in [6, 6.07) is 8.83. The molecule has 2 aromatic rings. The van der Waals surface area contributed by atoms with Gasteiger partial charge in [0.15, 0.2) is 17.6 Å². The summed E-state index contributed by atoms with van der Waals surface area (Å²) in [6.07, 6.45) is 1.77. The fourth-order valence-electron chi connectivity index (χ4n) is 2.20. The van der Waals surface area contributed by atoms with Crippen LogP contribution >= 0.6 is 11.3 Å². The van der Waals surface area contributed by atoms with E-state index in [0.29, 0.717) is 34.2 Å². The van der Waals surface area contributed by atoms with Gasteiger partial charge in [0.1, 0.15) is 11.1 Å². The maximum absolute atomic E-state index is 12.1. The van der Waals surface area contributed by atoms with Crippen LogP contribution in [0.4, 0.5) is 5.00 Å². The Morgan fingerprint density at radius 2 is 2.11 bits per heavy atom. The van der Waals surface area contributed by atoms with Crippen LogP contribution in [-0.2, 0) is 14.3 Å². The van der Waals surface area contributed by atoms with Crippen LogP contribution in [-0.4, -0.2) is 31.7 Å². The summed E-state index contributed by atoms with van der Waals surface area (Å²) < 4.78 is 15.8. The number of nitriles is 1. The summed E-state index contributed by atoms with van der Waals surface area (Å²) in [6.45, 7) is 3.85. The van der Waals surface area contributed by atoms with Gasteiger partial charge in [0.05, 0.1) is 19.3 Å². The number of methoxy groups -OCH3 is 1. The minimum Gasteiger partial charge on any atom is -0.493 e. The van der Waals surface area contributed by atoms with Gasteiger partial charge in [-0.15, -0.1) is 11.3 Å². The molecule has 1 heterocycles. The lowest BCUT2D eigenvalue weighted by Gasteiger charge is -2.11. The summed E-state index contributed by atoms with van der Waals surface area (Å²) in [4.78, 5) is 24.1. The Bertz CT molecular complexity index is 914. The first kappa shape index (κ1) is 21.0. The zero-order valence-electron chi connectivity index (χ0n) is 15.7. The maximum atomic E-state index is 12.1. The largest absolute Gasteiger partial charge is 0.493 e. The van der Waals surface area contributed by atoms with Gasteiger partial charge in [-0.1, -0.05) is 6.07 Å². The molecule has 28 heavy (non-hydrogen) atoms. The van der Waals surface area contributed by atoms with E-state index in [-0.39, 0.29) is 0 Å². The normalized spacial score (nSPS) is 11.5. The molecule has 0 aliphatic heterocycles. The number of hydrogen-bond donors (Lipinski definition) is 1. The molecule has 1 amide bonds. The topological polar surface area (TPSA) is 97.6 Å². The zero-order valence-corrected chi connectivity index (χ0v) is 16.5. The van der Waals surface area contributed by atoms with E-state index in [1.54, 1.807) is 35.7 Å². The minimum atomic E-state index is -1.01. The highest BCUT2D eigenvalue weighted by Crippen LogP contribution is 2.28. The summed E-state index contributed by atoms with van der Waals surface area (Å²) in [7, 11) is 1.53. The quantitative estimate of drug-likeness (QED) is 0.537. The Morgan fingerprint density at radius 3 is 2.79 bits per heavy atom. The van der Waals surface area contributed by atoms with Gasteiger partial charge in [0, 0.05) is 6.08 Å². The molecule has 0 saturated carbocycles. The molecule has 7 nitrogen and oxygen atoms in total. The van der Waals surface area contributed by atoms with E-state index in [9.17, 15) is 9.59 Å². The van der Waals surface area contributed by atoms with Crippen molar-refractivity contribution in [2.45, 2.75) is 20.0 Å². The molecule has 0 saturated heterocycles. The number of anilines is 1. The summed E-state index contributed by atoms with van der Waals surface area (Å²) in [5.74, 6) is -0.0136. The van der Waals surface area contributed by atoms with Crippen molar-refractivity contribution in [3.8, 4) is 17.6 Å². The lowest BCUT2D eigenvalue weighted by Crippen LogP contribution is -2.29. The van der Waals surface area contributed by atoms with Gasteiger partial charge >= 0.3 is 5.97 Å². The third kappa shape index (κ3) is 5.59. The van der Waals surface area contributed by atoms with Gasteiger partial charge < -0.3 is 19.5 Å². The van der Waals surface area contributed by atoms with Crippen LogP contribution in [0.5, 0.6) is 11.5 Å². The standard InChI is InChI=1S/C20H20N2O5S/c1-4-26-16-7-5-14(11-17(16)25-3)6-8-18(23)27-13(2)19(24)22-20-15(12-21)9-10-28-20/h5-11,13H,4H2,1-3H3,(H,22,24)/b8-6+/t13-/m1/s1. The summed E-state index contributed by atoms with van der Waals surface area (Å²) >= 11 is 1.22. The molecular formula is C20H20N2O5S. The lowest BCUT2D eigenvalue weighted by molar-refractivity contribution is -0.148. The van der Waals surface area contributed by atoms with Crippen LogP contribution in [0.25, 0.3) is 6.08 Å². The Morgan fingerprint density at radius 1 is 1.32 bits per heavy atom. The second kappa shape index (κ2) is 10.1. The summed E-state index contributed by atoms with van der Waals surface area (Å²) in [5.41, 5.74) is 1.08. The van der Waals surface area contributed by atoms with Gasteiger partial charge in [-0.2, -0.15) is 5.26 Å². The average Bonchev–Trinajstić information content (AvgIpc) is 3.14. The van der Waals surface area contributed by atoms with Crippen molar-refractivity contribution in [1.29, 1.82) is 5.26 Å². The fraction of sp³-hybridized carbons (Fsp3) is 0.250. The molecule has 1 N–H and O–H groups in total. The van der Waals surface area contributed by atoms with Gasteiger partial charge in [-0.3, -0.25) is 4.79 Å². The van der Waals surface area contributed by atoms with E-state index in [2.05, 4.69) is 5.32 Å². The Labute approximate surface area is 167 Å². The van der Waals surface area contributed by atoms with E-state index in [4.69, 9.17) is 19.5 Å². The molecule has 0 aliphatic rings. The average molecular weight is 400 g/mol. The highest BCUT2D eigenvalue weighted by molar-refractivity contribution is 7.14. The molecule has 1 atom stereocenters. The van der Waals surface area contributed by atoms with Gasteiger partial charge in [-0.25, -0.2) is 4.79 Å². The molecule has 0 spiro atoms. The second-order valence-corrected chi connectivity index (χ2v) is 6.44. The number of carbonyl (C=O) groups excluding carboxylic acids is 2. The van der Waals surface area contributed by atoms with Crippen LogP contribution in [0.1, 0.15) is 25.0 Å². The molecule has 0 fully saturated rings. The van der Waals surface area contributed by atoms with E-state index in [1.807, 2.05) is 13.0 Å². The van der Waals surface area contributed by atoms with Crippen LogP contribution in [0.15, 0.2) is 35.7 Å². The zero-order chi connectivity index (χ0) is 20.5. The number of amides is 1. The highest BCUT2D eigenvalue weighted by Gasteiger charge is 2.18. The molecular weight excluding hydrogens is 380 g/mol. The number of hydrogen-bond acceptors (Lipinski definition) is 7. The van der Waals surface area contributed by atoms with Crippen molar-refractivity contribution in [2.24, 2.45) is 0 Å². The van der Waals surface area contributed by atoms with Crippen LogP contribution in [0, 0.1) is 11.3 Å². The molecule has 0 radical (unpaired) electrons. The van der Waals surface area contributed by atoms with Gasteiger partial charge in [0.2, 0.25) is 0 Å². The van der Waals surface area contributed by atoms with Crippen molar-refractivity contribution >= 4 is 34.3 Å². The first-order valence-electron chi connectivity index (χ1n) is 8.46. The molecule has 0 aliphatic carbocycles. The Hall–Kier alpha value is -3.31.